The first-order chi connectivity index (χ1) is 11.7. The average Bonchev–Trinajstić information content (AvgIpc) is 2.66. The van der Waals surface area contributed by atoms with Crippen LogP contribution >= 0.6 is 23.4 Å². The van der Waals surface area contributed by atoms with Gasteiger partial charge in [0.25, 0.3) is 10.0 Å². The van der Waals surface area contributed by atoms with Gasteiger partial charge in [-0.25, -0.2) is 12.8 Å². The third-order valence-corrected chi connectivity index (χ3v) is 6.36. The van der Waals surface area contributed by atoms with Crippen molar-refractivity contribution in [2.75, 3.05) is 10.0 Å². The Hall–Kier alpha value is -1.77. The number of carbonyl (C=O) groups excluding carboxylic acids is 1. The zero-order chi connectivity index (χ0) is 18.2. The average molecular weight is 401 g/mol. The molecular formula is C16H14ClFN2O3S2. The number of benzene rings is 2. The van der Waals surface area contributed by atoms with Crippen molar-refractivity contribution in [1.29, 1.82) is 0 Å². The molecule has 0 radical (unpaired) electrons. The SMILES string of the molecule is C[C@@H]1CC(=O)Nc2cc(S(=O)(=O)Nc3ccc(F)c(Cl)c3)ccc2S1. The van der Waals surface area contributed by atoms with Crippen molar-refractivity contribution in [2.45, 2.75) is 28.4 Å². The molecule has 2 aromatic carbocycles. The summed E-state index contributed by atoms with van der Waals surface area (Å²) in [6, 6.07) is 8.08. The third kappa shape index (κ3) is 4.08. The topological polar surface area (TPSA) is 75.3 Å². The molecule has 1 aliphatic heterocycles. The maximum atomic E-state index is 13.2. The summed E-state index contributed by atoms with van der Waals surface area (Å²) in [4.78, 5) is 12.6. The van der Waals surface area contributed by atoms with E-state index in [2.05, 4.69) is 10.0 Å². The molecule has 2 N–H and O–H groups in total. The number of hydrogen-bond acceptors (Lipinski definition) is 4. The van der Waals surface area contributed by atoms with Gasteiger partial charge in [0, 0.05) is 16.6 Å². The molecule has 0 aliphatic carbocycles. The summed E-state index contributed by atoms with van der Waals surface area (Å²) < 4.78 is 40.6. The minimum atomic E-state index is -3.91. The van der Waals surface area contributed by atoms with E-state index in [-0.39, 0.29) is 26.8 Å². The summed E-state index contributed by atoms with van der Waals surface area (Å²) in [6.45, 7) is 1.93. The molecule has 3 rings (SSSR count). The highest BCUT2D eigenvalue weighted by molar-refractivity contribution is 8.00. The van der Waals surface area contributed by atoms with Crippen LogP contribution in [-0.4, -0.2) is 19.6 Å². The lowest BCUT2D eigenvalue weighted by Gasteiger charge is -2.12. The number of carbonyl (C=O) groups is 1. The fourth-order valence-corrected chi connectivity index (χ4v) is 4.68. The van der Waals surface area contributed by atoms with Crippen molar-refractivity contribution >= 4 is 50.7 Å². The van der Waals surface area contributed by atoms with Gasteiger partial charge in [0.15, 0.2) is 0 Å². The molecule has 2 aromatic rings. The predicted molar refractivity (Wildman–Crippen MR) is 97.2 cm³/mol. The van der Waals surface area contributed by atoms with Crippen molar-refractivity contribution in [3.8, 4) is 0 Å². The molecule has 0 spiro atoms. The molecule has 0 bridgehead atoms. The molecule has 1 atom stereocenters. The van der Waals surface area contributed by atoms with Crippen molar-refractivity contribution in [2.24, 2.45) is 0 Å². The predicted octanol–water partition coefficient (Wildman–Crippen LogP) is 4.10. The van der Waals surface area contributed by atoms with Crippen LogP contribution in [0, 0.1) is 5.82 Å². The second-order valence-electron chi connectivity index (χ2n) is 5.57. The van der Waals surface area contributed by atoms with Crippen LogP contribution in [0.25, 0.3) is 0 Å². The normalized spacial score (nSPS) is 17.4. The highest BCUT2D eigenvalue weighted by Crippen LogP contribution is 2.36. The Bertz CT molecular complexity index is 950. The molecule has 0 unspecified atom stereocenters. The van der Waals surface area contributed by atoms with Crippen LogP contribution in [0.1, 0.15) is 13.3 Å². The molecule has 0 aromatic heterocycles. The number of fused-ring (bicyclic) bond motifs is 1. The van der Waals surface area contributed by atoms with Crippen LogP contribution in [0.5, 0.6) is 0 Å². The first kappa shape index (κ1) is 18.0. The van der Waals surface area contributed by atoms with Gasteiger partial charge in [-0.05, 0) is 36.4 Å². The summed E-state index contributed by atoms with van der Waals surface area (Å²) in [5, 5.41) is 2.64. The van der Waals surface area contributed by atoms with Crippen molar-refractivity contribution in [3.63, 3.8) is 0 Å². The summed E-state index contributed by atoms with van der Waals surface area (Å²) in [7, 11) is -3.91. The van der Waals surface area contributed by atoms with E-state index in [0.717, 1.165) is 11.0 Å². The van der Waals surface area contributed by atoms with E-state index in [4.69, 9.17) is 11.6 Å². The lowest BCUT2D eigenvalue weighted by atomic mass is 10.3. The van der Waals surface area contributed by atoms with Gasteiger partial charge in [-0.1, -0.05) is 18.5 Å². The molecule has 1 aliphatic rings. The first-order valence-corrected chi connectivity index (χ1v) is 10.1. The van der Waals surface area contributed by atoms with E-state index in [9.17, 15) is 17.6 Å². The second kappa shape index (κ2) is 6.86. The third-order valence-electron chi connectivity index (χ3n) is 3.51. The molecule has 25 heavy (non-hydrogen) atoms. The van der Waals surface area contributed by atoms with Crippen molar-refractivity contribution < 1.29 is 17.6 Å². The standard InChI is InChI=1S/C16H14ClFN2O3S2/c1-9-6-16(21)19-14-8-11(3-5-15(14)24-9)25(22,23)20-10-2-4-13(18)12(17)7-10/h2-5,7-9,20H,6H2,1H3,(H,19,21)/t9-/m1/s1. The summed E-state index contributed by atoms with van der Waals surface area (Å²) in [5.41, 5.74) is 0.604. The lowest BCUT2D eigenvalue weighted by molar-refractivity contribution is -0.116. The van der Waals surface area contributed by atoms with E-state index >= 15 is 0 Å². The maximum absolute atomic E-state index is 13.2. The number of nitrogens with one attached hydrogen (secondary N) is 2. The van der Waals surface area contributed by atoms with Gasteiger partial charge in [0.2, 0.25) is 5.91 Å². The Morgan fingerprint density at radius 3 is 2.76 bits per heavy atom. The Balaban J connectivity index is 1.92. The largest absolute Gasteiger partial charge is 0.325 e. The van der Waals surface area contributed by atoms with Crippen LogP contribution < -0.4 is 10.0 Å². The lowest BCUT2D eigenvalue weighted by Crippen LogP contribution is -2.15. The number of hydrogen-bond donors (Lipinski definition) is 2. The van der Waals surface area contributed by atoms with Gasteiger partial charge in [-0.15, -0.1) is 11.8 Å². The van der Waals surface area contributed by atoms with Gasteiger partial charge < -0.3 is 5.32 Å². The van der Waals surface area contributed by atoms with Crippen molar-refractivity contribution in [3.05, 3.63) is 47.2 Å². The van der Waals surface area contributed by atoms with Crippen LogP contribution in [0.3, 0.4) is 0 Å². The zero-order valence-corrected chi connectivity index (χ0v) is 15.4. The number of amides is 1. The molecule has 5 nitrogen and oxygen atoms in total. The van der Waals surface area contributed by atoms with Gasteiger partial charge in [-0.3, -0.25) is 9.52 Å². The highest BCUT2D eigenvalue weighted by Gasteiger charge is 2.22. The fraction of sp³-hybridized carbons (Fsp3) is 0.188. The number of halogens is 2. The quantitative estimate of drug-likeness (QED) is 0.813. The zero-order valence-electron chi connectivity index (χ0n) is 13.0. The van der Waals surface area contributed by atoms with Crippen LogP contribution in [0.4, 0.5) is 15.8 Å². The first-order valence-electron chi connectivity index (χ1n) is 7.33. The van der Waals surface area contributed by atoms with Crippen LogP contribution in [0.2, 0.25) is 5.02 Å². The Kier molecular flexibility index (Phi) is 4.95. The molecule has 0 saturated heterocycles. The molecule has 9 heteroatoms. The fourth-order valence-electron chi connectivity index (χ4n) is 2.37. The highest BCUT2D eigenvalue weighted by atomic mass is 35.5. The summed E-state index contributed by atoms with van der Waals surface area (Å²) >= 11 is 7.18. The number of thioether (sulfide) groups is 1. The Morgan fingerprint density at radius 2 is 2.04 bits per heavy atom. The van der Waals surface area contributed by atoms with E-state index in [1.54, 1.807) is 6.07 Å². The van der Waals surface area contributed by atoms with E-state index in [0.29, 0.717) is 12.1 Å². The number of anilines is 2. The van der Waals surface area contributed by atoms with Crippen molar-refractivity contribution in [1.82, 2.24) is 0 Å². The molecule has 1 heterocycles. The Labute approximate surface area is 154 Å². The molecule has 0 saturated carbocycles. The summed E-state index contributed by atoms with van der Waals surface area (Å²) in [6.07, 6.45) is 0.355. The van der Waals surface area contributed by atoms with Crippen LogP contribution in [0.15, 0.2) is 46.2 Å². The Morgan fingerprint density at radius 1 is 1.28 bits per heavy atom. The van der Waals surface area contributed by atoms with Gasteiger partial charge in [0.05, 0.1) is 21.3 Å². The summed E-state index contributed by atoms with van der Waals surface area (Å²) in [5.74, 6) is -0.796. The smallest absolute Gasteiger partial charge is 0.261 e. The van der Waals surface area contributed by atoms with Gasteiger partial charge in [-0.2, -0.15) is 0 Å². The minimum absolute atomic E-state index is 0.0119. The molecular weight excluding hydrogens is 387 g/mol. The molecule has 1 amide bonds. The van der Waals surface area contributed by atoms with E-state index in [1.807, 2.05) is 6.92 Å². The molecule has 132 valence electrons. The number of sulfonamides is 1. The van der Waals surface area contributed by atoms with E-state index in [1.165, 1.54) is 36.0 Å². The number of rotatable bonds is 3. The maximum Gasteiger partial charge on any atom is 0.261 e. The van der Waals surface area contributed by atoms with Gasteiger partial charge in [0.1, 0.15) is 5.82 Å². The minimum Gasteiger partial charge on any atom is -0.325 e. The molecule has 0 fully saturated rings. The monoisotopic (exact) mass is 400 g/mol. The van der Waals surface area contributed by atoms with Crippen LogP contribution in [-0.2, 0) is 14.8 Å². The second-order valence-corrected chi connectivity index (χ2v) is 9.14. The van der Waals surface area contributed by atoms with Gasteiger partial charge >= 0.3 is 0 Å². The van der Waals surface area contributed by atoms with E-state index < -0.39 is 15.8 Å².